The second kappa shape index (κ2) is 7.97. The number of ketones is 1. The van der Waals surface area contributed by atoms with Crippen LogP contribution in [0, 0.1) is 39.4 Å². The Labute approximate surface area is 196 Å². The van der Waals surface area contributed by atoms with Crippen LogP contribution in [0.3, 0.4) is 0 Å². The molecule has 32 heavy (non-hydrogen) atoms. The van der Waals surface area contributed by atoms with Crippen LogP contribution in [0.2, 0.25) is 0 Å². The fourth-order valence-electron chi connectivity index (χ4n) is 8.62. The van der Waals surface area contributed by atoms with Crippen LogP contribution in [-0.2, 0) is 4.79 Å². The monoisotopic (exact) mass is 438 g/mol. The Morgan fingerprint density at radius 1 is 1.16 bits per heavy atom. The molecule has 0 bridgehead atoms. The van der Waals surface area contributed by atoms with E-state index in [1.807, 2.05) is 6.92 Å². The largest absolute Gasteiger partial charge is 0.392 e. The zero-order chi connectivity index (χ0) is 23.5. The minimum atomic E-state index is -0.218. The average molecular weight is 439 g/mol. The van der Waals surface area contributed by atoms with Crippen molar-refractivity contribution in [2.75, 3.05) is 6.61 Å². The van der Waals surface area contributed by atoms with Gasteiger partial charge < -0.3 is 5.11 Å². The minimum Gasteiger partial charge on any atom is -0.392 e. The molecule has 0 aromatic heterocycles. The number of carbonyl (C=O) groups is 1. The lowest BCUT2D eigenvalue weighted by atomic mass is 9.44. The van der Waals surface area contributed by atoms with E-state index in [2.05, 4.69) is 59.8 Å². The van der Waals surface area contributed by atoms with Gasteiger partial charge in [0.1, 0.15) is 5.78 Å². The molecule has 1 N–H and O–H groups in total. The van der Waals surface area contributed by atoms with Gasteiger partial charge in [0.15, 0.2) is 0 Å². The van der Waals surface area contributed by atoms with Crippen molar-refractivity contribution in [2.45, 2.75) is 99.8 Å². The van der Waals surface area contributed by atoms with Gasteiger partial charge in [-0.25, -0.2) is 0 Å². The second-order valence-electron chi connectivity index (χ2n) is 12.9. The van der Waals surface area contributed by atoms with Crippen LogP contribution in [-0.4, -0.2) is 17.5 Å². The fraction of sp³-hybridized carbons (Fsp3) is 0.767. The van der Waals surface area contributed by atoms with Crippen molar-refractivity contribution in [3.05, 3.63) is 34.9 Å². The lowest BCUT2D eigenvalue weighted by Gasteiger charge is -2.59. The standard InChI is InChI=1S/C30H46O2/c1-20(19-31)9-8-10-21(2)22-13-17-30(7)24-11-12-25-27(3,4)26(32)15-16-28(25,5)23(24)14-18-29(22,30)6/h9,11,14,21-22,25,31H,8,10,12-13,15-19H2,1-7H3/t21?,22-,25?,28-,29-,30+/m1/s1. The first-order valence-electron chi connectivity index (χ1n) is 13.1. The molecule has 0 amide bonds. The highest BCUT2D eigenvalue weighted by molar-refractivity contribution is 5.86. The molecule has 0 aromatic carbocycles. The normalized spacial score (nSPS) is 41.9. The van der Waals surface area contributed by atoms with E-state index in [-0.39, 0.29) is 22.9 Å². The van der Waals surface area contributed by atoms with Gasteiger partial charge in [-0.15, -0.1) is 0 Å². The van der Waals surface area contributed by atoms with Crippen LogP contribution in [0.5, 0.6) is 0 Å². The van der Waals surface area contributed by atoms with Crippen LogP contribution < -0.4 is 0 Å². The molecule has 0 heterocycles. The summed E-state index contributed by atoms with van der Waals surface area (Å²) in [5, 5.41) is 9.30. The fourth-order valence-corrected chi connectivity index (χ4v) is 8.62. The number of carbonyl (C=O) groups excluding carboxylic acids is 1. The summed E-state index contributed by atoms with van der Waals surface area (Å²) in [6.45, 7) is 16.7. The van der Waals surface area contributed by atoms with Crippen molar-refractivity contribution in [3.8, 4) is 0 Å². The maximum absolute atomic E-state index is 12.8. The van der Waals surface area contributed by atoms with E-state index in [9.17, 15) is 9.90 Å². The van der Waals surface area contributed by atoms with Gasteiger partial charge in [-0.2, -0.15) is 0 Å². The van der Waals surface area contributed by atoms with E-state index in [0.29, 0.717) is 23.0 Å². The molecule has 0 aromatic rings. The van der Waals surface area contributed by atoms with Gasteiger partial charge in [-0.1, -0.05) is 65.3 Å². The van der Waals surface area contributed by atoms with E-state index in [0.717, 1.165) is 37.2 Å². The number of hydrogen-bond donors (Lipinski definition) is 1. The van der Waals surface area contributed by atoms with Crippen molar-refractivity contribution in [1.82, 2.24) is 0 Å². The van der Waals surface area contributed by atoms with Gasteiger partial charge in [0.2, 0.25) is 0 Å². The number of Topliss-reactive ketones (excluding diaryl/α,β-unsaturated/α-hetero) is 1. The highest BCUT2D eigenvalue weighted by atomic mass is 16.3. The maximum atomic E-state index is 12.8. The third kappa shape index (κ3) is 3.26. The van der Waals surface area contributed by atoms with Crippen LogP contribution in [0.25, 0.3) is 0 Å². The molecule has 4 rings (SSSR count). The molecule has 2 unspecified atom stereocenters. The first-order valence-corrected chi connectivity index (χ1v) is 13.1. The molecule has 6 atom stereocenters. The van der Waals surface area contributed by atoms with E-state index in [1.54, 1.807) is 11.1 Å². The number of allylic oxidation sites excluding steroid dienone is 5. The van der Waals surface area contributed by atoms with Gasteiger partial charge in [0.05, 0.1) is 6.61 Å². The summed E-state index contributed by atoms with van der Waals surface area (Å²) in [6.07, 6.45) is 16.3. The van der Waals surface area contributed by atoms with Gasteiger partial charge in [-0.05, 0) is 97.0 Å². The number of aliphatic hydroxyl groups is 1. The third-order valence-corrected chi connectivity index (χ3v) is 11.1. The maximum Gasteiger partial charge on any atom is 0.138 e. The second-order valence-corrected chi connectivity index (χ2v) is 12.9. The van der Waals surface area contributed by atoms with E-state index >= 15 is 0 Å². The Morgan fingerprint density at radius 2 is 1.88 bits per heavy atom. The zero-order valence-corrected chi connectivity index (χ0v) is 21.7. The zero-order valence-electron chi connectivity index (χ0n) is 21.7. The number of rotatable bonds is 5. The SMILES string of the molecule is CC(=CCCC(C)[C@H]1CC[C@@]2(C)C3=CCC4C(C)(C)C(=O)CC[C@]4(C)C3=CC[C@]12C)CO. The predicted molar refractivity (Wildman–Crippen MR) is 133 cm³/mol. The average Bonchev–Trinajstić information content (AvgIpc) is 3.02. The molecule has 2 fully saturated rings. The van der Waals surface area contributed by atoms with Crippen molar-refractivity contribution >= 4 is 5.78 Å². The van der Waals surface area contributed by atoms with Crippen molar-refractivity contribution in [2.24, 2.45) is 39.4 Å². The lowest BCUT2D eigenvalue weighted by molar-refractivity contribution is -0.138. The van der Waals surface area contributed by atoms with Crippen LogP contribution in [0.15, 0.2) is 34.9 Å². The Morgan fingerprint density at radius 3 is 2.56 bits per heavy atom. The molecule has 0 radical (unpaired) electrons. The van der Waals surface area contributed by atoms with Crippen molar-refractivity contribution in [3.63, 3.8) is 0 Å². The highest BCUT2D eigenvalue weighted by Crippen LogP contribution is 2.71. The smallest absolute Gasteiger partial charge is 0.138 e. The number of hydrogen-bond acceptors (Lipinski definition) is 2. The van der Waals surface area contributed by atoms with Gasteiger partial charge >= 0.3 is 0 Å². The summed E-state index contributed by atoms with van der Waals surface area (Å²) in [5.74, 6) is 2.32. The summed E-state index contributed by atoms with van der Waals surface area (Å²) in [5.41, 5.74) is 4.80. The summed E-state index contributed by atoms with van der Waals surface area (Å²) in [4.78, 5) is 12.8. The first-order chi connectivity index (χ1) is 14.9. The molecule has 178 valence electrons. The molecule has 4 aliphatic rings. The molecule has 4 aliphatic carbocycles. The molecule has 2 heteroatoms. The van der Waals surface area contributed by atoms with Gasteiger partial charge in [0.25, 0.3) is 0 Å². The molecule has 0 spiro atoms. The van der Waals surface area contributed by atoms with E-state index in [4.69, 9.17) is 0 Å². The minimum absolute atomic E-state index is 0.141. The summed E-state index contributed by atoms with van der Waals surface area (Å²) >= 11 is 0. The predicted octanol–water partition coefficient (Wildman–Crippen LogP) is 7.44. The highest BCUT2D eigenvalue weighted by Gasteiger charge is 2.63. The lowest BCUT2D eigenvalue weighted by Crippen LogP contribution is -2.53. The molecular formula is C30H46O2. The van der Waals surface area contributed by atoms with Crippen molar-refractivity contribution < 1.29 is 9.90 Å². The summed E-state index contributed by atoms with van der Waals surface area (Å²) in [6, 6.07) is 0. The molecule has 2 saturated carbocycles. The number of aliphatic hydroxyl groups excluding tert-OH is 1. The van der Waals surface area contributed by atoms with Gasteiger partial charge in [0, 0.05) is 11.8 Å². The topological polar surface area (TPSA) is 37.3 Å². The third-order valence-electron chi connectivity index (χ3n) is 11.1. The molecule has 0 saturated heterocycles. The quantitative estimate of drug-likeness (QED) is 0.453. The van der Waals surface area contributed by atoms with E-state index in [1.165, 1.54) is 25.7 Å². The summed E-state index contributed by atoms with van der Waals surface area (Å²) < 4.78 is 0. The summed E-state index contributed by atoms with van der Waals surface area (Å²) in [7, 11) is 0. The Hall–Kier alpha value is -1.15. The number of fused-ring (bicyclic) bond motifs is 5. The van der Waals surface area contributed by atoms with Crippen molar-refractivity contribution in [1.29, 1.82) is 0 Å². The Balaban J connectivity index is 1.63. The van der Waals surface area contributed by atoms with Crippen LogP contribution in [0.4, 0.5) is 0 Å². The molecule has 2 nitrogen and oxygen atoms in total. The molecule has 0 aliphatic heterocycles. The van der Waals surface area contributed by atoms with Crippen LogP contribution >= 0.6 is 0 Å². The van der Waals surface area contributed by atoms with Crippen LogP contribution in [0.1, 0.15) is 99.8 Å². The first kappa shape index (κ1) is 24.0. The molecular weight excluding hydrogens is 392 g/mol. The Kier molecular flexibility index (Phi) is 5.97. The van der Waals surface area contributed by atoms with E-state index < -0.39 is 0 Å². The Bertz CT molecular complexity index is 873. The van der Waals surface area contributed by atoms with Gasteiger partial charge in [-0.3, -0.25) is 4.79 Å².